The molecular formula is C18H22N2O3. The highest BCUT2D eigenvalue weighted by Gasteiger charge is 2.09. The van der Waals surface area contributed by atoms with E-state index in [2.05, 4.69) is 24.1 Å². The van der Waals surface area contributed by atoms with Crippen molar-refractivity contribution < 1.29 is 14.6 Å². The average molecular weight is 314 g/mol. The molecule has 1 heterocycles. The zero-order valence-corrected chi connectivity index (χ0v) is 13.5. The quantitative estimate of drug-likeness (QED) is 0.823. The lowest BCUT2D eigenvalue weighted by Crippen LogP contribution is -2.13. The Morgan fingerprint density at radius 2 is 2.00 bits per heavy atom. The molecule has 0 unspecified atom stereocenters. The topological polar surface area (TPSA) is 71.5 Å². The van der Waals surface area contributed by atoms with Gasteiger partial charge >= 0.3 is 0 Å². The first-order valence-electron chi connectivity index (χ1n) is 7.68. The highest BCUT2D eigenvalue weighted by molar-refractivity contribution is 6.04. The van der Waals surface area contributed by atoms with Crippen LogP contribution in [0.15, 0.2) is 42.7 Å². The molecule has 1 aromatic carbocycles. The Hall–Kier alpha value is -2.40. The first-order valence-corrected chi connectivity index (χ1v) is 7.68. The summed E-state index contributed by atoms with van der Waals surface area (Å²) in [6, 6.07) is 8.67. The summed E-state index contributed by atoms with van der Waals surface area (Å²) in [5.74, 6) is 1.10. The number of ether oxygens (including phenoxy) is 1. The van der Waals surface area contributed by atoms with Gasteiger partial charge in [0.15, 0.2) is 0 Å². The lowest BCUT2D eigenvalue weighted by molar-refractivity contribution is 0.102. The highest BCUT2D eigenvalue weighted by atomic mass is 16.5. The maximum Gasteiger partial charge on any atom is 0.255 e. The molecule has 0 saturated heterocycles. The van der Waals surface area contributed by atoms with Crippen molar-refractivity contribution in [3.63, 3.8) is 0 Å². The first-order chi connectivity index (χ1) is 11.1. The second-order valence-electron chi connectivity index (χ2n) is 5.70. The molecule has 0 radical (unpaired) electrons. The Kier molecular flexibility index (Phi) is 6.11. The van der Waals surface area contributed by atoms with Gasteiger partial charge in [-0.05, 0) is 42.7 Å². The van der Waals surface area contributed by atoms with Gasteiger partial charge in [-0.25, -0.2) is 0 Å². The average Bonchev–Trinajstić information content (AvgIpc) is 2.55. The van der Waals surface area contributed by atoms with Crippen LogP contribution in [-0.4, -0.2) is 22.6 Å². The predicted molar refractivity (Wildman–Crippen MR) is 89.5 cm³/mol. The molecule has 0 aliphatic heterocycles. The van der Waals surface area contributed by atoms with Gasteiger partial charge in [-0.2, -0.15) is 0 Å². The van der Waals surface area contributed by atoms with Crippen LogP contribution in [0.25, 0.3) is 0 Å². The van der Waals surface area contributed by atoms with Gasteiger partial charge in [-0.3, -0.25) is 9.78 Å². The van der Waals surface area contributed by atoms with Crippen LogP contribution in [0, 0.1) is 5.92 Å². The van der Waals surface area contributed by atoms with E-state index >= 15 is 0 Å². The lowest BCUT2D eigenvalue weighted by Gasteiger charge is -2.10. The highest BCUT2D eigenvalue weighted by Crippen LogP contribution is 2.17. The van der Waals surface area contributed by atoms with E-state index in [1.54, 1.807) is 36.5 Å². The molecule has 0 spiro atoms. The third-order valence-corrected chi connectivity index (χ3v) is 3.41. The number of nitrogens with one attached hydrogen (secondary N) is 1. The van der Waals surface area contributed by atoms with Crippen molar-refractivity contribution in [1.82, 2.24) is 4.98 Å². The molecule has 122 valence electrons. The summed E-state index contributed by atoms with van der Waals surface area (Å²) in [4.78, 5) is 16.2. The Labute approximate surface area is 136 Å². The fraction of sp³-hybridized carbons (Fsp3) is 0.333. The molecule has 0 fully saturated rings. The molecule has 0 aliphatic rings. The van der Waals surface area contributed by atoms with Crippen molar-refractivity contribution in [3.05, 3.63) is 53.9 Å². The van der Waals surface area contributed by atoms with E-state index in [-0.39, 0.29) is 12.5 Å². The number of nitrogens with zero attached hydrogens (tertiary/aromatic N) is 1. The molecule has 0 aliphatic carbocycles. The molecule has 0 saturated carbocycles. The second-order valence-corrected chi connectivity index (χ2v) is 5.70. The summed E-state index contributed by atoms with van der Waals surface area (Å²) >= 11 is 0. The summed E-state index contributed by atoms with van der Waals surface area (Å²) in [5, 5.41) is 12.0. The fourth-order valence-corrected chi connectivity index (χ4v) is 1.98. The van der Waals surface area contributed by atoms with Crippen LogP contribution < -0.4 is 10.1 Å². The van der Waals surface area contributed by atoms with Gasteiger partial charge in [0.25, 0.3) is 5.91 Å². The number of amides is 1. The van der Waals surface area contributed by atoms with Gasteiger partial charge in [0.2, 0.25) is 0 Å². The molecule has 2 aromatic rings. The Morgan fingerprint density at radius 3 is 2.65 bits per heavy atom. The number of benzene rings is 1. The molecule has 1 amide bonds. The Balaban J connectivity index is 1.97. The second kappa shape index (κ2) is 8.29. The molecular weight excluding hydrogens is 292 g/mol. The van der Waals surface area contributed by atoms with E-state index in [9.17, 15) is 9.90 Å². The maximum absolute atomic E-state index is 12.2. The third kappa shape index (κ3) is 5.07. The molecule has 2 rings (SSSR count). The van der Waals surface area contributed by atoms with E-state index in [0.717, 1.165) is 12.2 Å². The zero-order valence-electron chi connectivity index (χ0n) is 13.5. The van der Waals surface area contributed by atoms with Crippen LogP contribution in [0.1, 0.15) is 36.2 Å². The number of aliphatic hydroxyl groups is 1. The summed E-state index contributed by atoms with van der Waals surface area (Å²) in [5.41, 5.74) is 1.66. The number of aliphatic hydroxyl groups excluding tert-OH is 1. The molecule has 2 N–H and O–H groups in total. The van der Waals surface area contributed by atoms with Gasteiger partial charge in [-0.15, -0.1) is 0 Å². The van der Waals surface area contributed by atoms with Crippen molar-refractivity contribution >= 4 is 11.6 Å². The van der Waals surface area contributed by atoms with Gasteiger partial charge < -0.3 is 15.2 Å². The van der Waals surface area contributed by atoms with Crippen molar-refractivity contribution in [2.45, 2.75) is 26.9 Å². The third-order valence-electron chi connectivity index (χ3n) is 3.41. The zero-order chi connectivity index (χ0) is 16.7. The predicted octanol–water partition coefficient (Wildman–Crippen LogP) is 3.25. The molecule has 5 heteroatoms. The Morgan fingerprint density at radius 1 is 1.26 bits per heavy atom. The number of hydrogen-bond acceptors (Lipinski definition) is 4. The van der Waals surface area contributed by atoms with Crippen molar-refractivity contribution in [2.24, 2.45) is 5.92 Å². The minimum Gasteiger partial charge on any atom is -0.494 e. The van der Waals surface area contributed by atoms with Crippen molar-refractivity contribution in [1.29, 1.82) is 0 Å². The summed E-state index contributed by atoms with van der Waals surface area (Å²) < 4.78 is 5.63. The van der Waals surface area contributed by atoms with Crippen LogP contribution in [0.5, 0.6) is 5.75 Å². The van der Waals surface area contributed by atoms with Crippen LogP contribution in [0.3, 0.4) is 0 Å². The molecule has 5 nitrogen and oxygen atoms in total. The smallest absolute Gasteiger partial charge is 0.255 e. The van der Waals surface area contributed by atoms with Crippen molar-refractivity contribution in [3.8, 4) is 5.75 Å². The van der Waals surface area contributed by atoms with Gasteiger partial charge in [0.1, 0.15) is 5.75 Å². The molecule has 0 bridgehead atoms. The van der Waals surface area contributed by atoms with E-state index in [0.29, 0.717) is 29.3 Å². The fourth-order valence-electron chi connectivity index (χ4n) is 1.98. The van der Waals surface area contributed by atoms with Gasteiger partial charge in [-0.1, -0.05) is 13.8 Å². The van der Waals surface area contributed by atoms with E-state index < -0.39 is 0 Å². The normalized spacial score (nSPS) is 10.6. The van der Waals surface area contributed by atoms with Crippen LogP contribution in [0.4, 0.5) is 5.69 Å². The molecule has 0 atom stereocenters. The minimum atomic E-state index is -0.249. The number of pyridine rings is 1. The SMILES string of the molecule is CC(C)CCOc1ccc(C(=O)Nc2cnccc2CO)cc1. The monoisotopic (exact) mass is 314 g/mol. The van der Waals surface area contributed by atoms with Crippen molar-refractivity contribution in [2.75, 3.05) is 11.9 Å². The summed E-state index contributed by atoms with van der Waals surface area (Å²) in [6.45, 7) is 4.81. The summed E-state index contributed by atoms with van der Waals surface area (Å²) in [6.07, 6.45) is 4.09. The number of anilines is 1. The van der Waals surface area contributed by atoms with Crippen LogP contribution in [-0.2, 0) is 6.61 Å². The molecule has 1 aromatic heterocycles. The van der Waals surface area contributed by atoms with E-state index in [1.807, 2.05) is 0 Å². The molecule has 23 heavy (non-hydrogen) atoms. The Bertz CT molecular complexity index is 639. The van der Waals surface area contributed by atoms with E-state index in [4.69, 9.17) is 4.74 Å². The number of aromatic nitrogens is 1. The standard InChI is InChI=1S/C18H22N2O3/c1-13(2)8-10-23-16-5-3-14(4-6-16)18(22)20-17-11-19-9-7-15(17)12-21/h3-7,9,11,13,21H,8,10,12H2,1-2H3,(H,20,22). The van der Waals surface area contributed by atoms with Crippen LogP contribution >= 0.6 is 0 Å². The van der Waals surface area contributed by atoms with Gasteiger partial charge in [0, 0.05) is 17.3 Å². The van der Waals surface area contributed by atoms with Gasteiger partial charge in [0.05, 0.1) is 25.1 Å². The number of rotatable bonds is 7. The summed E-state index contributed by atoms with van der Waals surface area (Å²) in [7, 11) is 0. The minimum absolute atomic E-state index is 0.152. The number of carbonyl (C=O) groups excluding carboxylic acids is 1. The largest absolute Gasteiger partial charge is 0.494 e. The number of carbonyl (C=O) groups is 1. The number of hydrogen-bond donors (Lipinski definition) is 2. The van der Waals surface area contributed by atoms with Crippen LogP contribution in [0.2, 0.25) is 0 Å². The lowest BCUT2D eigenvalue weighted by atomic mass is 10.1. The first kappa shape index (κ1) is 17.0. The maximum atomic E-state index is 12.2. The van der Waals surface area contributed by atoms with E-state index in [1.165, 1.54) is 6.20 Å².